The third-order valence-corrected chi connectivity index (χ3v) is 5.27. The van der Waals surface area contributed by atoms with E-state index in [0.717, 1.165) is 75.9 Å². The first-order valence-electron chi connectivity index (χ1n) is 8.34. The van der Waals surface area contributed by atoms with Crippen molar-refractivity contribution in [1.82, 2.24) is 19.2 Å². The zero-order chi connectivity index (χ0) is 15.4. The maximum atomic E-state index is 12.3. The molecule has 6 nitrogen and oxygen atoms in total. The molecule has 0 radical (unpaired) electrons. The lowest BCUT2D eigenvalue weighted by Gasteiger charge is -2.23. The first kappa shape index (κ1) is 15.7. The number of carbonyl (C=O) groups is 1. The van der Waals surface area contributed by atoms with Gasteiger partial charge in [0, 0.05) is 57.2 Å². The lowest BCUT2D eigenvalue weighted by molar-refractivity contribution is -0.131. The molecule has 2 aliphatic rings. The van der Waals surface area contributed by atoms with E-state index in [0.29, 0.717) is 12.5 Å². The average molecular weight is 323 g/mol. The first-order chi connectivity index (χ1) is 10.8. The second kappa shape index (κ2) is 7.37. The van der Waals surface area contributed by atoms with E-state index in [9.17, 15) is 4.79 Å². The molecule has 1 amide bonds. The number of nitrogens with zero attached hydrogens (tertiary/aromatic N) is 5. The summed E-state index contributed by atoms with van der Waals surface area (Å²) in [6, 6.07) is 0. The molecule has 3 rings (SSSR count). The van der Waals surface area contributed by atoms with Crippen LogP contribution in [-0.2, 0) is 11.2 Å². The molecule has 0 unspecified atom stereocenters. The number of carbonyl (C=O) groups excluding carboxylic acids is 1. The van der Waals surface area contributed by atoms with Crippen molar-refractivity contribution in [2.75, 3.05) is 50.7 Å². The minimum Gasteiger partial charge on any atom is -0.346 e. The number of aromatic nitrogens is 2. The van der Waals surface area contributed by atoms with Crippen LogP contribution in [0.3, 0.4) is 0 Å². The predicted molar refractivity (Wildman–Crippen MR) is 88.4 cm³/mol. The van der Waals surface area contributed by atoms with Crippen molar-refractivity contribution in [3.8, 4) is 0 Å². The van der Waals surface area contributed by atoms with Gasteiger partial charge in [-0.05, 0) is 19.3 Å². The van der Waals surface area contributed by atoms with Crippen molar-refractivity contribution in [2.24, 2.45) is 0 Å². The van der Waals surface area contributed by atoms with Crippen LogP contribution in [-0.4, -0.2) is 70.9 Å². The topological polar surface area (TPSA) is 52.6 Å². The Labute approximate surface area is 136 Å². The van der Waals surface area contributed by atoms with Gasteiger partial charge >= 0.3 is 0 Å². The van der Waals surface area contributed by atoms with Gasteiger partial charge in [-0.15, -0.1) is 0 Å². The van der Waals surface area contributed by atoms with E-state index in [1.807, 2.05) is 4.90 Å². The van der Waals surface area contributed by atoms with E-state index in [4.69, 9.17) is 0 Å². The molecule has 2 saturated heterocycles. The highest BCUT2D eigenvalue weighted by Crippen LogP contribution is 2.19. The number of anilines is 1. The Morgan fingerprint density at radius 3 is 2.64 bits per heavy atom. The van der Waals surface area contributed by atoms with Gasteiger partial charge in [0.2, 0.25) is 11.0 Å². The number of likely N-dealkylation sites (tertiary alicyclic amines) is 1. The molecule has 22 heavy (non-hydrogen) atoms. The van der Waals surface area contributed by atoms with Crippen molar-refractivity contribution < 1.29 is 4.79 Å². The molecular weight excluding hydrogens is 298 g/mol. The Balaban J connectivity index is 1.52. The lowest BCUT2D eigenvalue weighted by Crippen LogP contribution is -2.40. The van der Waals surface area contributed by atoms with E-state index >= 15 is 0 Å². The van der Waals surface area contributed by atoms with Gasteiger partial charge in [-0.2, -0.15) is 4.37 Å². The Hall–Kier alpha value is -1.21. The Morgan fingerprint density at radius 2 is 1.91 bits per heavy atom. The quantitative estimate of drug-likeness (QED) is 0.834. The Bertz CT molecular complexity index is 500. The number of hydrogen-bond acceptors (Lipinski definition) is 6. The van der Waals surface area contributed by atoms with Crippen molar-refractivity contribution in [3.05, 3.63) is 5.82 Å². The van der Waals surface area contributed by atoms with Crippen LogP contribution in [0.15, 0.2) is 0 Å². The van der Waals surface area contributed by atoms with Crippen molar-refractivity contribution >= 4 is 22.6 Å². The van der Waals surface area contributed by atoms with Crippen molar-refractivity contribution in [1.29, 1.82) is 0 Å². The average Bonchev–Trinajstić information content (AvgIpc) is 3.17. The van der Waals surface area contributed by atoms with Crippen molar-refractivity contribution in [3.63, 3.8) is 0 Å². The van der Waals surface area contributed by atoms with E-state index < -0.39 is 0 Å². The molecule has 3 heterocycles. The summed E-state index contributed by atoms with van der Waals surface area (Å²) < 4.78 is 4.37. The summed E-state index contributed by atoms with van der Waals surface area (Å²) in [7, 11) is 0. The second-order valence-electron chi connectivity index (χ2n) is 6.05. The largest absolute Gasteiger partial charge is 0.346 e. The monoisotopic (exact) mass is 323 g/mol. The second-order valence-corrected chi connectivity index (χ2v) is 6.78. The minimum absolute atomic E-state index is 0.301. The number of hydrogen-bond donors (Lipinski definition) is 0. The maximum Gasteiger partial charge on any atom is 0.236 e. The molecule has 0 saturated carbocycles. The third kappa shape index (κ3) is 3.76. The molecule has 122 valence electrons. The molecule has 0 N–H and O–H groups in total. The van der Waals surface area contributed by atoms with Crippen LogP contribution in [0.25, 0.3) is 0 Å². The summed E-state index contributed by atoms with van der Waals surface area (Å²) in [4.78, 5) is 23.5. The van der Waals surface area contributed by atoms with Crippen LogP contribution in [0.5, 0.6) is 0 Å². The maximum absolute atomic E-state index is 12.3. The van der Waals surface area contributed by atoms with Crippen LogP contribution in [0.1, 0.15) is 32.0 Å². The number of rotatable bonds is 4. The zero-order valence-electron chi connectivity index (χ0n) is 13.3. The van der Waals surface area contributed by atoms with Crippen LogP contribution in [0, 0.1) is 0 Å². The van der Waals surface area contributed by atoms with Gasteiger partial charge in [0.25, 0.3) is 0 Å². The van der Waals surface area contributed by atoms with Gasteiger partial charge in [0.15, 0.2) is 0 Å². The fraction of sp³-hybridized carbons (Fsp3) is 0.800. The molecule has 1 aromatic heterocycles. The highest BCUT2D eigenvalue weighted by Gasteiger charge is 2.23. The van der Waals surface area contributed by atoms with Gasteiger partial charge in [-0.1, -0.05) is 6.92 Å². The number of amides is 1. The molecule has 0 spiro atoms. The smallest absolute Gasteiger partial charge is 0.236 e. The molecule has 0 atom stereocenters. The van der Waals surface area contributed by atoms with Gasteiger partial charge in [0.1, 0.15) is 5.82 Å². The predicted octanol–water partition coefficient (Wildman–Crippen LogP) is 1.23. The van der Waals surface area contributed by atoms with E-state index in [-0.39, 0.29) is 0 Å². The minimum atomic E-state index is 0.301. The summed E-state index contributed by atoms with van der Waals surface area (Å²) in [5.41, 5.74) is 0. The van der Waals surface area contributed by atoms with Crippen molar-refractivity contribution in [2.45, 2.75) is 32.6 Å². The molecular formula is C15H25N5OS. The highest BCUT2D eigenvalue weighted by molar-refractivity contribution is 7.09. The zero-order valence-corrected chi connectivity index (χ0v) is 14.1. The van der Waals surface area contributed by atoms with Gasteiger partial charge < -0.3 is 9.80 Å². The van der Waals surface area contributed by atoms with Gasteiger partial charge in [-0.25, -0.2) is 4.98 Å². The third-order valence-electron chi connectivity index (χ3n) is 4.45. The fourth-order valence-corrected chi connectivity index (χ4v) is 3.90. The Kier molecular flexibility index (Phi) is 5.25. The van der Waals surface area contributed by atoms with E-state index in [1.165, 1.54) is 11.5 Å². The summed E-state index contributed by atoms with van der Waals surface area (Å²) in [6.07, 6.45) is 4.29. The molecule has 0 aromatic carbocycles. The first-order valence-corrected chi connectivity index (χ1v) is 9.11. The standard InChI is InChI=1S/C15H25N5OS/c1-2-13-16-15(22-17-13)20-9-5-6-18(10-11-20)12-14(21)19-7-3-4-8-19/h2-12H2,1H3. The van der Waals surface area contributed by atoms with Gasteiger partial charge in [0.05, 0.1) is 6.54 Å². The fourth-order valence-electron chi connectivity index (χ4n) is 3.09. The summed E-state index contributed by atoms with van der Waals surface area (Å²) in [5.74, 6) is 1.24. The van der Waals surface area contributed by atoms with Crippen LogP contribution < -0.4 is 4.90 Å². The number of aryl methyl sites for hydroxylation is 1. The van der Waals surface area contributed by atoms with E-state index in [2.05, 4.69) is 26.1 Å². The van der Waals surface area contributed by atoms with Crippen LogP contribution in [0.2, 0.25) is 0 Å². The molecule has 2 aliphatic heterocycles. The molecule has 0 aliphatic carbocycles. The lowest BCUT2D eigenvalue weighted by atomic mass is 10.3. The van der Waals surface area contributed by atoms with Crippen LogP contribution >= 0.6 is 11.5 Å². The molecule has 7 heteroatoms. The molecule has 2 fully saturated rings. The molecule has 1 aromatic rings. The van der Waals surface area contributed by atoms with Crippen LogP contribution in [0.4, 0.5) is 5.13 Å². The highest BCUT2D eigenvalue weighted by atomic mass is 32.1. The van der Waals surface area contributed by atoms with Gasteiger partial charge in [-0.3, -0.25) is 9.69 Å². The SMILES string of the molecule is CCc1nsc(N2CCCN(CC(=O)N3CCCC3)CC2)n1. The summed E-state index contributed by atoms with van der Waals surface area (Å²) in [5, 5.41) is 1.03. The Morgan fingerprint density at radius 1 is 1.09 bits per heavy atom. The van der Waals surface area contributed by atoms with E-state index in [1.54, 1.807) is 0 Å². The summed E-state index contributed by atoms with van der Waals surface area (Å²) in [6.45, 7) is 8.42. The normalized spacial score (nSPS) is 20.4. The molecule has 0 bridgehead atoms. The summed E-state index contributed by atoms with van der Waals surface area (Å²) >= 11 is 1.50.